The van der Waals surface area contributed by atoms with Crippen LogP contribution in [0, 0.1) is 0 Å². The number of rotatable bonds is 6. The van der Waals surface area contributed by atoms with Crippen LogP contribution in [0.2, 0.25) is 0 Å². The number of nitrogens with zero attached hydrogens (tertiary/aromatic N) is 2. The third-order valence-corrected chi connectivity index (χ3v) is 6.20. The van der Waals surface area contributed by atoms with Crippen LogP contribution in [-0.4, -0.2) is 36.7 Å². The molecular formula is C16H18BrN3O3S. The molecule has 6 nitrogen and oxygen atoms in total. The van der Waals surface area contributed by atoms with Gasteiger partial charge >= 0.3 is 0 Å². The van der Waals surface area contributed by atoms with E-state index in [-0.39, 0.29) is 10.5 Å². The van der Waals surface area contributed by atoms with Crippen LogP contribution in [0.1, 0.15) is 24.2 Å². The Hall–Kier alpha value is -1.77. The minimum Gasteiger partial charge on any atom is -0.322 e. The van der Waals surface area contributed by atoms with Crippen LogP contribution in [0.3, 0.4) is 0 Å². The van der Waals surface area contributed by atoms with Crippen molar-refractivity contribution in [1.29, 1.82) is 0 Å². The summed E-state index contributed by atoms with van der Waals surface area (Å²) in [4.78, 5) is 16.4. The van der Waals surface area contributed by atoms with E-state index in [4.69, 9.17) is 0 Å². The number of nitrogens with one attached hydrogen (secondary N) is 1. The van der Waals surface area contributed by atoms with Gasteiger partial charge < -0.3 is 5.32 Å². The Labute approximate surface area is 150 Å². The van der Waals surface area contributed by atoms with Crippen LogP contribution in [0.5, 0.6) is 0 Å². The maximum Gasteiger partial charge on any atom is 0.256 e. The first-order chi connectivity index (χ1) is 11.4. The number of hydrogen-bond donors (Lipinski definition) is 1. The number of aromatic nitrogens is 1. The Kier molecular flexibility index (Phi) is 6.09. The van der Waals surface area contributed by atoms with E-state index in [0.29, 0.717) is 23.2 Å². The maximum absolute atomic E-state index is 12.6. The van der Waals surface area contributed by atoms with Crippen molar-refractivity contribution in [3.63, 3.8) is 0 Å². The lowest BCUT2D eigenvalue weighted by Crippen LogP contribution is -2.30. The Morgan fingerprint density at radius 2 is 1.79 bits per heavy atom. The standard InChI is InChI=1S/C16H18BrN3O3S/c1-3-20(4-2)24(22,23)13-5-6-15(17)14(11-13)16(21)19-12-7-9-18-10-8-12/h5-11H,3-4H2,1-2H3,(H,18,19,21). The lowest BCUT2D eigenvalue weighted by Gasteiger charge is -2.19. The first-order valence-corrected chi connectivity index (χ1v) is 9.64. The molecule has 1 aromatic heterocycles. The van der Waals surface area contributed by atoms with Crippen molar-refractivity contribution in [2.24, 2.45) is 0 Å². The lowest BCUT2D eigenvalue weighted by molar-refractivity contribution is 0.102. The molecule has 0 atom stereocenters. The number of pyridine rings is 1. The van der Waals surface area contributed by atoms with Crippen LogP contribution in [0.15, 0.2) is 52.1 Å². The van der Waals surface area contributed by atoms with E-state index >= 15 is 0 Å². The summed E-state index contributed by atoms with van der Waals surface area (Å²) >= 11 is 3.30. The van der Waals surface area contributed by atoms with E-state index in [2.05, 4.69) is 26.2 Å². The van der Waals surface area contributed by atoms with Gasteiger partial charge in [-0.3, -0.25) is 9.78 Å². The molecule has 1 N–H and O–H groups in total. The van der Waals surface area contributed by atoms with Crippen molar-refractivity contribution in [1.82, 2.24) is 9.29 Å². The molecule has 0 radical (unpaired) electrons. The van der Waals surface area contributed by atoms with Crippen molar-refractivity contribution in [2.45, 2.75) is 18.7 Å². The number of sulfonamides is 1. The Bertz CT molecular complexity index is 822. The number of anilines is 1. The van der Waals surface area contributed by atoms with E-state index in [1.165, 1.54) is 16.4 Å². The molecule has 0 spiro atoms. The summed E-state index contributed by atoms with van der Waals surface area (Å²) in [5.74, 6) is -0.398. The summed E-state index contributed by atoms with van der Waals surface area (Å²) in [6.07, 6.45) is 3.12. The normalized spacial score (nSPS) is 11.5. The number of carbonyl (C=O) groups excluding carboxylic acids is 1. The molecule has 0 aliphatic heterocycles. The molecule has 1 aromatic carbocycles. The van der Waals surface area contributed by atoms with E-state index in [9.17, 15) is 13.2 Å². The largest absolute Gasteiger partial charge is 0.322 e. The molecule has 0 saturated heterocycles. The Morgan fingerprint density at radius 1 is 1.17 bits per heavy atom. The zero-order chi connectivity index (χ0) is 17.7. The van der Waals surface area contributed by atoms with Gasteiger partial charge in [0.05, 0.1) is 10.5 Å². The van der Waals surface area contributed by atoms with Crippen molar-refractivity contribution < 1.29 is 13.2 Å². The molecule has 0 aliphatic carbocycles. The van der Waals surface area contributed by atoms with Crippen LogP contribution < -0.4 is 5.32 Å². The highest BCUT2D eigenvalue weighted by Crippen LogP contribution is 2.24. The van der Waals surface area contributed by atoms with Gasteiger partial charge in [-0.15, -0.1) is 0 Å². The van der Waals surface area contributed by atoms with Gasteiger partial charge in [0.25, 0.3) is 5.91 Å². The van der Waals surface area contributed by atoms with E-state index < -0.39 is 15.9 Å². The highest BCUT2D eigenvalue weighted by Gasteiger charge is 2.23. The molecule has 128 valence electrons. The van der Waals surface area contributed by atoms with E-state index in [1.54, 1.807) is 44.4 Å². The summed E-state index contributed by atoms with van der Waals surface area (Å²) in [5.41, 5.74) is 0.832. The predicted molar refractivity (Wildman–Crippen MR) is 96.4 cm³/mol. The molecule has 0 bridgehead atoms. The van der Waals surface area contributed by atoms with Gasteiger partial charge in [0, 0.05) is 35.6 Å². The van der Waals surface area contributed by atoms with Crippen LogP contribution >= 0.6 is 15.9 Å². The number of carbonyl (C=O) groups is 1. The fourth-order valence-corrected chi connectivity index (χ4v) is 4.10. The highest BCUT2D eigenvalue weighted by molar-refractivity contribution is 9.10. The molecule has 1 heterocycles. The monoisotopic (exact) mass is 411 g/mol. The number of halogens is 1. The summed E-state index contributed by atoms with van der Waals surface area (Å²) in [5, 5.41) is 2.72. The van der Waals surface area contributed by atoms with Crippen molar-refractivity contribution in [3.8, 4) is 0 Å². The number of amides is 1. The molecule has 0 saturated carbocycles. The highest BCUT2D eigenvalue weighted by atomic mass is 79.9. The van der Waals surface area contributed by atoms with Gasteiger partial charge in [-0.2, -0.15) is 4.31 Å². The summed E-state index contributed by atoms with van der Waals surface area (Å²) in [6, 6.07) is 7.75. The molecule has 0 aliphatic rings. The lowest BCUT2D eigenvalue weighted by atomic mass is 10.2. The van der Waals surface area contributed by atoms with Gasteiger partial charge in [0.2, 0.25) is 10.0 Å². The van der Waals surface area contributed by atoms with Crippen molar-refractivity contribution >= 4 is 37.5 Å². The Balaban J connectivity index is 2.37. The van der Waals surface area contributed by atoms with E-state index in [0.717, 1.165) is 0 Å². The van der Waals surface area contributed by atoms with Crippen LogP contribution in [0.25, 0.3) is 0 Å². The number of benzene rings is 1. The van der Waals surface area contributed by atoms with Crippen molar-refractivity contribution in [2.75, 3.05) is 18.4 Å². The van der Waals surface area contributed by atoms with Crippen molar-refractivity contribution in [3.05, 3.63) is 52.8 Å². The second-order valence-electron chi connectivity index (χ2n) is 4.92. The topological polar surface area (TPSA) is 79.4 Å². The minimum absolute atomic E-state index is 0.0919. The molecular weight excluding hydrogens is 394 g/mol. The summed E-state index contributed by atoms with van der Waals surface area (Å²) in [7, 11) is -3.62. The zero-order valence-electron chi connectivity index (χ0n) is 13.4. The quantitative estimate of drug-likeness (QED) is 0.791. The maximum atomic E-state index is 12.6. The average Bonchev–Trinajstić information content (AvgIpc) is 2.56. The van der Waals surface area contributed by atoms with Crippen LogP contribution in [-0.2, 0) is 10.0 Å². The van der Waals surface area contributed by atoms with Gasteiger partial charge in [-0.05, 0) is 46.3 Å². The first-order valence-electron chi connectivity index (χ1n) is 7.41. The Morgan fingerprint density at radius 3 is 2.38 bits per heavy atom. The SMILES string of the molecule is CCN(CC)S(=O)(=O)c1ccc(Br)c(C(=O)Nc2ccncc2)c1. The average molecular weight is 412 g/mol. The van der Waals surface area contributed by atoms with Gasteiger partial charge in [-0.1, -0.05) is 13.8 Å². The third kappa shape index (κ3) is 4.00. The second kappa shape index (κ2) is 7.87. The third-order valence-electron chi connectivity index (χ3n) is 3.46. The van der Waals surface area contributed by atoms with Crippen LogP contribution in [0.4, 0.5) is 5.69 Å². The molecule has 2 rings (SSSR count). The molecule has 0 fully saturated rings. The zero-order valence-corrected chi connectivity index (χ0v) is 15.8. The minimum atomic E-state index is -3.62. The summed E-state index contributed by atoms with van der Waals surface area (Å²) in [6.45, 7) is 4.29. The first kappa shape index (κ1) is 18.6. The molecule has 2 aromatic rings. The number of hydrogen-bond acceptors (Lipinski definition) is 4. The predicted octanol–water partition coefficient (Wildman–Crippen LogP) is 3.13. The second-order valence-corrected chi connectivity index (χ2v) is 7.71. The fourth-order valence-electron chi connectivity index (χ4n) is 2.19. The smallest absolute Gasteiger partial charge is 0.256 e. The molecule has 1 amide bonds. The molecule has 0 unspecified atom stereocenters. The molecule has 24 heavy (non-hydrogen) atoms. The van der Waals surface area contributed by atoms with Gasteiger partial charge in [0.1, 0.15) is 0 Å². The van der Waals surface area contributed by atoms with Gasteiger partial charge in [0.15, 0.2) is 0 Å². The van der Waals surface area contributed by atoms with E-state index in [1.807, 2.05) is 0 Å². The fraction of sp³-hybridized carbons (Fsp3) is 0.250. The van der Waals surface area contributed by atoms with Gasteiger partial charge in [-0.25, -0.2) is 8.42 Å². The summed E-state index contributed by atoms with van der Waals surface area (Å²) < 4.78 is 27.1. The molecule has 8 heteroatoms.